The average Bonchev–Trinajstić information content (AvgIpc) is 2.56. The molecule has 0 aliphatic carbocycles. The lowest BCUT2D eigenvalue weighted by molar-refractivity contribution is 0.144. The van der Waals surface area contributed by atoms with Gasteiger partial charge < -0.3 is 9.84 Å². The summed E-state index contributed by atoms with van der Waals surface area (Å²) in [5, 5.41) is 8.95. The van der Waals surface area contributed by atoms with E-state index in [2.05, 4.69) is 19.9 Å². The summed E-state index contributed by atoms with van der Waals surface area (Å²) < 4.78 is 5.01. The first-order valence-electron chi connectivity index (χ1n) is 9.70. The zero-order valence-corrected chi connectivity index (χ0v) is 15.5. The van der Waals surface area contributed by atoms with Crippen LogP contribution < -0.4 is 4.74 Å². The molecule has 0 bridgehead atoms. The van der Waals surface area contributed by atoms with Gasteiger partial charge in [0, 0.05) is 0 Å². The van der Waals surface area contributed by atoms with Gasteiger partial charge in [-0.15, -0.1) is 0 Å². The predicted octanol–water partition coefficient (Wildman–Crippen LogP) is 6.77. The van der Waals surface area contributed by atoms with Gasteiger partial charge in [-0.3, -0.25) is 0 Å². The number of unbranched alkanes of at least 4 members (excludes halogenated alkanes) is 8. The Balaban J connectivity index is 2.51. The summed E-state index contributed by atoms with van der Waals surface area (Å²) in [7, 11) is 0. The van der Waals surface area contributed by atoms with Crippen molar-refractivity contribution in [3.8, 4) is 5.75 Å². The summed E-state index contributed by atoms with van der Waals surface area (Å²) in [4.78, 5) is 10.9. The standard InChI is InChI=1S/C21H34O3/c1-3-5-7-8-9-10-11-12-16-19-18(14-6-4-2)15-13-17-20(19)24-21(22)23/h13,15,17H,3-12,14,16H2,1-2H3,(H,22,23). The van der Waals surface area contributed by atoms with Crippen LogP contribution in [-0.2, 0) is 12.8 Å². The first-order valence-corrected chi connectivity index (χ1v) is 9.70. The molecular weight excluding hydrogens is 300 g/mol. The number of hydrogen-bond acceptors (Lipinski definition) is 2. The third-order valence-electron chi connectivity index (χ3n) is 4.51. The highest BCUT2D eigenvalue weighted by molar-refractivity contribution is 5.62. The minimum Gasteiger partial charge on any atom is -0.449 e. The molecule has 0 aliphatic rings. The summed E-state index contributed by atoms with van der Waals surface area (Å²) in [5.41, 5.74) is 2.35. The van der Waals surface area contributed by atoms with Crippen LogP contribution in [0.4, 0.5) is 4.79 Å². The van der Waals surface area contributed by atoms with Gasteiger partial charge in [0.25, 0.3) is 0 Å². The maximum atomic E-state index is 10.9. The van der Waals surface area contributed by atoms with Gasteiger partial charge in [-0.2, -0.15) is 0 Å². The smallest absolute Gasteiger partial charge is 0.449 e. The molecule has 0 atom stereocenters. The highest BCUT2D eigenvalue weighted by Crippen LogP contribution is 2.26. The quantitative estimate of drug-likeness (QED) is 0.246. The van der Waals surface area contributed by atoms with E-state index in [1.54, 1.807) is 6.07 Å². The Labute approximate surface area is 147 Å². The van der Waals surface area contributed by atoms with E-state index in [1.165, 1.54) is 50.5 Å². The number of benzene rings is 1. The van der Waals surface area contributed by atoms with Crippen LogP contribution >= 0.6 is 0 Å². The zero-order chi connectivity index (χ0) is 17.6. The molecule has 0 aliphatic heterocycles. The van der Waals surface area contributed by atoms with E-state index >= 15 is 0 Å². The van der Waals surface area contributed by atoms with E-state index in [4.69, 9.17) is 9.84 Å². The molecule has 1 aromatic rings. The van der Waals surface area contributed by atoms with Crippen LogP contribution in [0.25, 0.3) is 0 Å². The fourth-order valence-electron chi connectivity index (χ4n) is 3.12. The van der Waals surface area contributed by atoms with Crippen molar-refractivity contribution in [3.63, 3.8) is 0 Å². The van der Waals surface area contributed by atoms with Gasteiger partial charge in [0.1, 0.15) is 5.75 Å². The van der Waals surface area contributed by atoms with Crippen LogP contribution in [0, 0.1) is 0 Å². The molecule has 0 fully saturated rings. The molecule has 0 saturated carbocycles. The molecular formula is C21H34O3. The highest BCUT2D eigenvalue weighted by atomic mass is 16.7. The maximum Gasteiger partial charge on any atom is 0.511 e. The molecule has 24 heavy (non-hydrogen) atoms. The molecule has 3 nitrogen and oxygen atoms in total. The fourth-order valence-corrected chi connectivity index (χ4v) is 3.12. The van der Waals surface area contributed by atoms with Crippen molar-refractivity contribution in [2.75, 3.05) is 0 Å². The molecule has 1 rings (SSSR count). The maximum absolute atomic E-state index is 10.9. The minimum atomic E-state index is -1.22. The third kappa shape index (κ3) is 8.37. The molecule has 0 unspecified atom stereocenters. The van der Waals surface area contributed by atoms with Crippen molar-refractivity contribution in [2.45, 2.75) is 90.9 Å². The summed E-state index contributed by atoms with van der Waals surface area (Å²) >= 11 is 0. The molecule has 0 spiro atoms. The minimum absolute atomic E-state index is 0.527. The van der Waals surface area contributed by atoms with Crippen molar-refractivity contribution in [1.29, 1.82) is 0 Å². The summed E-state index contributed by atoms with van der Waals surface area (Å²) in [6, 6.07) is 5.80. The van der Waals surface area contributed by atoms with Gasteiger partial charge >= 0.3 is 6.16 Å². The second-order valence-electron chi connectivity index (χ2n) is 6.59. The van der Waals surface area contributed by atoms with Gasteiger partial charge in [-0.05, 0) is 42.9 Å². The number of carboxylic acid groups (broad SMARTS) is 1. The molecule has 1 N–H and O–H groups in total. The van der Waals surface area contributed by atoms with Gasteiger partial charge in [0.2, 0.25) is 0 Å². The molecule has 0 amide bonds. The third-order valence-corrected chi connectivity index (χ3v) is 4.51. The molecule has 0 radical (unpaired) electrons. The molecule has 0 aromatic heterocycles. The Morgan fingerprint density at radius 1 is 0.875 bits per heavy atom. The molecule has 136 valence electrons. The summed E-state index contributed by atoms with van der Waals surface area (Å²) in [6.45, 7) is 4.42. The van der Waals surface area contributed by atoms with E-state index in [0.29, 0.717) is 5.75 Å². The van der Waals surface area contributed by atoms with Crippen molar-refractivity contribution in [3.05, 3.63) is 29.3 Å². The van der Waals surface area contributed by atoms with Crippen molar-refractivity contribution in [2.24, 2.45) is 0 Å². The predicted molar refractivity (Wildman–Crippen MR) is 100 cm³/mol. The Morgan fingerprint density at radius 2 is 1.50 bits per heavy atom. The topological polar surface area (TPSA) is 46.5 Å². The SMILES string of the molecule is CCCCCCCCCCc1c(CCCC)cccc1OC(=O)O. The Bertz CT molecular complexity index is 468. The van der Waals surface area contributed by atoms with Crippen molar-refractivity contribution in [1.82, 2.24) is 0 Å². The Hall–Kier alpha value is -1.51. The Morgan fingerprint density at radius 3 is 2.12 bits per heavy atom. The lowest BCUT2D eigenvalue weighted by Gasteiger charge is -2.13. The van der Waals surface area contributed by atoms with Crippen LogP contribution in [0.1, 0.15) is 89.2 Å². The monoisotopic (exact) mass is 334 g/mol. The lowest BCUT2D eigenvalue weighted by Crippen LogP contribution is -2.07. The van der Waals surface area contributed by atoms with E-state index < -0.39 is 6.16 Å². The van der Waals surface area contributed by atoms with Gasteiger partial charge in [-0.25, -0.2) is 4.79 Å². The highest BCUT2D eigenvalue weighted by Gasteiger charge is 2.12. The van der Waals surface area contributed by atoms with Gasteiger partial charge in [0.05, 0.1) is 0 Å². The van der Waals surface area contributed by atoms with E-state index in [9.17, 15) is 4.79 Å². The molecule has 3 heteroatoms. The van der Waals surface area contributed by atoms with E-state index in [1.807, 2.05) is 6.07 Å². The zero-order valence-electron chi connectivity index (χ0n) is 15.5. The molecule has 1 aromatic carbocycles. The van der Waals surface area contributed by atoms with Crippen LogP contribution in [0.2, 0.25) is 0 Å². The van der Waals surface area contributed by atoms with E-state index in [-0.39, 0.29) is 0 Å². The first kappa shape index (κ1) is 20.5. The van der Waals surface area contributed by atoms with Crippen molar-refractivity contribution >= 4 is 6.16 Å². The van der Waals surface area contributed by atoms with Crippen molar-refractivity contribution < 1.29 is 14.6 Å². The van der Waals surface area contributed by atoms with Gasteiger partial charge in [-0.1, -0.05) is 77.3 Å². The summed E-state index contributed by atoms with van der Waals surface area (Å²) in [5.74, 6) is 0.527. The number of rotatable bonds is 13. The molecule has 0 saturated heterocycles. The largest absolute Gasteiger partial charge is 0.511 e. The lowest BCUT2D eigenvalue weighted by atomic mass is 9.96. The fraction of sp³-hybridized carbons (Fsp3) is 0.667. The van der Waals surface area contributed by atoms with Crippen LogP contribution in [0.3, 0.4) is 0 Å². The second-order valence-corrected chi connectivity index (χ2v) is 6.59. The Kier molecular flexibility index (Phi) is 11.0. The first-order chi connectivity index (χ1) is 11.7. The van der Waals surface area contributed by atoms with Gasteiger partial charge in [0.15, 0.2) is 0 Å². The van der Waals surface area contributed by atoms with Crippen LogP contribution in [-0.4, -0.2) is 11.3 Å². The normalized spacial score (nSPS) is 10.8. The number of ether oxygens (including phenoxy) is 1. The molecule has 0 heterocycles. The number of aryl methyl sites for hydroxylation is 1. The van der Waals surface area contributed by atoms with E-state index in [0.717, 1.165) is 37.7 Å². The van der Waals surface area contributed by atoms with Crippen LogP contribution in [0.15, 0.2) is 18.2 Å². The number of carbonyl (C=O) groups is 1. The summed E-state index contributed by atoms with van der Waals surface area (Å²) in [6.07, 6.45) is 13.2. The average molecular weight is 335 g/mol. The second kappa shape index (κ2) is 12.9. The number of hydrogen-bond donors (Lipinski definition) is 1. The van der Waals surface area contributed by atoms with Crippen LogP contribution in [0.5, 0.6) is 5.75 Å².